The van der Waals surface area contributed by atoms with Crippen molar-refractivity contribution in [1.29, 1.82) is 0 Å². The van der Waals surface area contributed by atoms with Crippen molar-refractivity contribution >= 4 is 28.3 Å². The van der Waals surface area contributed by atoms with E-state index in [1.54, 1.807) is 0 Å². The van der Waals surface area contributed by atoms with Crippen LogP contribution in [-0.2, 0) is 25.7 Å². The van der Waals surface area contributed by atoms with Crippen LogP contribution in [0.15, 0.2) is 91.0 Å². The molecule has 3 aromatic rings. The average Bonchev–Trinajstić information content (AvgIpc) is 3.38. The molecule has 40 heavy (non-hydrogen) atoms. The summed E-state index contributed by atoms with van der Waals surface area (Å²) in [5, 5.41) is 2.97. The van der Waals surface area contributed by atoms with Gasteiger partial charge in [0.25, 0.3) is 0 Å². The molecule has 1 amide bonds. The summed E-state index contributed by atoms with van der Waals surface area (Å²) in [6.45, 7) is 0. The van der Waals surface area contributed by atoms with E-state index in [2.05, 4.69) is 100 Å². The summed E-state index contributed by atoms with van der Waals surface area (Å²) in [7, 11) is 0. The van der Waals surface area contributed by atoms with E-state index in [4.69, 9.17) is 0 Å². The first-order valence-corrected chi connectivity index (χ1v) is 26.7. The minimum Gasteiger partial charge on any atom is -1.00 e. The zero-order valence-electron chi connectivity index (χ0n) is 23.4. The smallest absolute Gasteiger partial charge is 1.00 e. The Bertz CT molecular complexity index is 1140. The van der Waals surface area contributed by atoms with E-state index in [9.17, 15) is 4.79 Å². The quantitative estimate of drug-likeness (QED) is 0.372. The Morgan fingerprint density at radius 3 is 1.68 bits per heavy atom. The van der Waals surface area contributed by atoms with Crippen LogP contribution in [0.4, 0.5) is 0 Å². The topological polar surface area (TPSA) is 29.1 Å². The van der Waals surface area contributed by atoms with Crippen LogP contribution in [-0.4, -0.2) is 11.9 Å². The van der Waals surface area contributed by atoms with Gasteiger partial charge in [-0.1, -0.05) is 0 Å². The largest absolute Gasteiger partial charge is 1.00 e. The van der Waals surface area contributed by atoms with E-state index >= 15 is 0 Å². The van der Waals surface area contributed by atoms with Crippen molar-refractivity contribution in [2.24, 2.45) is 5.92 Å². The van der Waals surface area contributed by atoms with Crippen molar-refractivity contribution in [2.75, 3.05) is 0 Å². The van der Waals surface area contributed by atoms with Crippen molar-refractivity contribution < 1.29 is 50.5 Å². The van der Waals surface area contributed by atoms with Crippen molar-refractivity contribution in [3.63, 3.8) is 0 Å². The molecule has 2 nitrogen and oxygen atoms in total. The summed E-state index contributed by atoms with van der Waals surface area (Å²) < 4.78 is 4.37. The first-order chi connectivity index (χ1) is 18.8. The second-order valence-corrected chi connectivity index (χ2v) is 31.0. The van der Waals surface area contributed by atoms with E-state index in [1.165, 1.54) is 79.3 Å². The van der Waals surface area contributed by atoms with Gasteiger partial charge in [-0.2, -0.15) is 0 Å². The molecule has 0 spiro atoms. The normalized spacial score (nSPS) is 17.9. The fourth-order valence-electron chi connectivity index (χ4n) is 6.36. The second-order valence-electron chi connectivity index (χ2n) is 11.1. The monoisotopic (exact) mass is 758 g/mol. The summed E-state index contributed by atoms with van der Waals surface area (Å²) in [6, 6.07) is 31.2. The Morgan fingerprint density at radius 2 is 1.12 bits per heavy atom. The molecule has 6 heteroatoms. The van der Waals surface area contributed by atoms with Crippen LogP contribution in [0.1, 0.15) is 85.4 Å². The van der Waals surface area contributed by atoms with Gasteiger partial charge in [0.05, 0.1) is 0 Å². The molecular formula is C34H42Cl2HfNOSi. The zero-order chi connectivity index (χ0) is 26.0. The van der Waals surface area contributed by atoms with Gasteiger partial charge in [-0.3, -0.25) is 0 Å². The van der Waals surface area contributed by atoms with Crippen LogP contribution < -0.4 is 38.5 Å². The van der Waals surface area contributed by atoms with Crippen molar-refractivity contribution in [2.45, 2.75) is 74.3 Å². The molecule has 3 aromatic carbocycles. The minimum absolute atomic E-state index is 0. The minimum atomic E-state index is -2.85. The molecule has 1 fully saturated rings. The molecule has 0 bridgehead atoms. The van der Waals surface area contributed by atoms with Crippen LogP contribution >= 0.6 is 0 Å². The Labute approximate surface area is 262 Å². The van der Waals surface area contributed by atoms with Crippen LogP contribution in [0.5, 0.6) is 0 Å². The molecule has 1 atom stereocenters. The molecule has 2 aliphatic carbocycles. The molecule has 2 aliphatic rings. The number of amides is 1. The number of hydrogen-bond acceptors (Lipinski definition) is 1. The molecule has 0 aromatic heterocycles. The van der Waals surface area contributed by atoms with Gasteiger partial charge in [-0.15, -0.1) is 0 Å². The molecule has 0 heterocycles. The standard InChI is InChI=1S/C13H25NO.C12H11Si.C9H7.2ClH.Hf/c14-13(15)12-10-8-6-4-2-1-3-5-7-9-11-12;1-3-7-11(8-4-1)13-12-9-5-2-6-10-12;1-2-5-9-7-3-6-8(9)4-1;;;/h12H,1-11H2,(H2,14,15);1-10,13H;1-7H;2*1H;/q;;;;;+3/p-3. The van der Waals surface area contributed by atoms with E-state index in [1.807, 2.05) is 0 Å². The van der Waals surface area contributed by atoms with E-state index in [0.717, 1.165) is 12.8 Å². The van der Waals surface area contributed by atoms with Crippen LogP contribution in [0.25, 0.3) is 6.08 Å². The van der Waals surface area contributed by atoms with Gasteiger partial charge in [-0.05, 0) is 0 Å². The van der Waals surface area contributed by atoms with Crippen LogP contribution in [0, 0.1) is 5.92 Å². The van der Waals surface area contributed by atoms with E-state index in [-0.39, 0.29) is 30.7 Å². The first kappa shape index (κ1) is 33.0. The Hall–Kier alpha value is -1.46. The third kappa shape index (κ3) is 8.77. The number of hydrogen-bond donors (Lipinski definition) is 1. The number of benzene rings is 3. The number of allylic oxidation sites excluding steroid dienone is 1. The maximum atomic E-state index is 14.2. The molecule has 5 rings (SSSR count). The molecule has 1 N–H and O–H groups in total. The summed E-state index contributed by atoms with van der Waals surface area (Å²) in [6.07, 6.45) is 18.6. The number of carbonyl (C=O) groups excluding carboxylic acids is 1. The van der Waals surface area contributed by atoms with Gasteiger partial charge in [0.2, 0.25) is 0 Å². The van der Waals surface area contributed by atoms with Crippen molar-refractivity contribution in [3.05, 3.63) is 102 Å². The Morgan fingerprint density at radius 1 is 0.650 bits per heavy atom. The van der Waals surface area contributed by atoms with Crippen molar-refractivity contribution in [3.8, 4) is 0 Å². The SMILES string of the molecule is O=C([NH][Hf+2]([CH]1C=Cc2ccccc21)[SiH](c1ccccc1)c1ccccc1)C1CCCCCCCCCCC1.[Cl-].[Cl-]. The van der Waals surface area contributed by atoms with Gasteiger partial charge < -0.3 is 24.8 Å². The number of carbonyl (C=O) groups is 1. The Kier molecular flexibility index (Phi) is 14.4. The van der Waals surface area contributed by atoms with Crippen LogP contribution in [0.3, 0.4) is 0 Å². The fraction of sp³-hybridized carbons (Fsp3) is 0.382. The third-order valence-corrected chi connectivity index (χ3v) is 35.3. The van der Waals surface area contributed by atoms with E-state index < -0.39 is 26.9 Å². The number of rotatable bonds is 6. The van der Waals surface area contributed by atoms with E-state index in [0.29, 0.717) is 9.58 Å². The maximum Gasteiger partial charge on any atom is -1.00 e. The summed E-state index contributed by atoms with van der Waals surface area (Å²) in [5.41, 5.74) is 2.78. The molecule has 211 valence electrons. The zero-order valence-corrected chi connectivity index (χ0v) is 29.7. The maximum absolute atomic E-state index is 14.2. The van der Waals surface area contributed by atoms with Gasteiger partial charge in [0.15, 0.2) is 0 Å². The summed E-state index contributed by atoms with van der Waals surface area (Å²) in [4.78, 5) is 14.2. The number of nitrogens with one attached hydrogen (secondary N) is 1. The molecular weight excluding hydrogens is 716 g/mol. The van der Waals surface area contributed by atoms with Crippen molar-refractivity contribution in [1.82, 2.24) is 3.30 Å². The fourth-order valence-corrected chi connectivity index (χ4v) is 35.6. The molecule has 0 aliphatic heterocycles. The third-order valence-electron chi connectivity index (χ3n) is 8.45. The molecule has 0 radical (unpaired) electrons. The van der Waals surface area contributed by atoms with Gasteiger partial charge in [0, 0.05) is 0 Å². The first-order valence-electron chi connectivity index (χ1n) is 14.9. The van der Waals surface area contributed by atoms with Gasteiger partial charge in [0.1, 0.15) is 0 Å². The summed E-state index contributed by atoms with van der Waals surface area (Å²) >= 11 is -2.85. The van der Waals surface area contributed by atoms with Crippen LogP contribution in [0.2, 0.25) is 0 Å². The molecule has 1 saturated carbocycles. The molecule has 1 unspecified atom stereocenters. The Balaban J connectivity index is 0.00000220. The predicted octanol–water partition coefficient (Wildman–Crippen LogP) is 0.871. The summed E-state index contributed by atoms with van der Waals surface area (Å²) in [5.74, 6) is -1.05. The number of halogens is 2. The average molecular weight is 758 g/mol. The molecule has 0 saturated heterocycles. The predicted molar refractivity (Wildman–Crippen MR) is 160 cm³/mol. The van der Waals surface area contributed by atoms with Gasteiger partial charge >= 0.3 is 240 Å². The second kappa shape index (κ2) is 17.5. The number of fused-ring (bicyclic) bond motifs is 1. The van der Waals surface area contributed by atoms with Gasteiger partial charge in [-0.25, -0.2) is 0 Å².